The molecule has 2 aromatic carbocycles. The van der Waals surface area contributed by atoms with Crippen molar-refractivity contribution in [2.24, 2.45) is 0 Å². The molecular formula is C16H19N3O2. The van der Waals surface area contributed by atoms with Crippen LogP contribution < -0.4 is 20.7 Å². The van der Waals surface area contributed by atoms with Crippen molar-refractivity contribution >= 4 is 23.0 Å². The summed E-state index contributed by atoms with van der Waals surface area (Å²) in [5, 5.41) is 2.82. The van der Waals surface area contributed by atoms with E-state index < -0.39 is 0 Å². The fraction of sp³-hybridized carbons (Fsp3) is 0.188. The lowest BCUT2D eigenvalue weighted by molar-refractivity contribution is -0.114. The summed E-state index contributed by atoms with van der Waals surface area (Å²) in [6.45, 7) is 0.251. The summed E-state index contributed by atoms with van der Waals surface area (Å²) in [5.41, 5.74) is 7.94. The molecule has 0 aromatic heterocycles. The van der Waals surface area contributed by atoms with Crippen molar-refractivity contribution < 1.29 is 9.53 Å². The first-order chi connectivity index (χ1) is 10.1. The second-order valence-electron chi connectivity index (χ2n) is 4.73. The molecule has 5 nitrogen and oxygen atoms in total. The Balaban J connectivity index is 1.95. The Kier molecular flexibility index (Phi) is 4.66. The lowest BCUT2D eigenvalue weighted by Crippen LogP contribution is -2.30. The monoisotopic (exact) mass is 285 g/mol. The largest absolute Gasteiger partial charge is 0.497 e. The summed E-state index contributed by atoms with van der Waals surface area (Å²) in [4.78, 5) is 13.9. The van der Waals surface area contributed by atoms with Crippen LogP contribution in [0.1, 0.15) is 0 Å². The molecule has 0 bridgehead atoms. The van der Waals surface area contributed by atoms with Crippen LogP contribution in [0, 0.1) is 0 Å². The summed E-state index contributed by atoms with van der Waals surface area (Å²) in [6.07, 6.45) is 0. The first-order valence-corrected chi connectivity index (χ1v) is 6.59. The van der Waals surface area contributed by atoms with Crippen LogP contribution in [-0.4, -0.2) is 26.6 Å². The number of likely N-dealkylation sites (N-methyl/N-ethyl adjacent to an activating group) is 1. The molecule has 0 aliphatic rings. The van der Waals surface area contributed by atoms with E-state index in [2.05, 4.69) is 5.32 Å². The maximum absolute atomic E-state index is 12.0. The molecule has 0 aliphatic carbocycles. The second kappa shape index (κ2) is 6.65. The Bertz CT molecular complexity index is 611. The van der Waals surface area contributed by atoms with Crippen LogP contribution in [0.2, 0.25) is 0 Å². The van der Waals surface area contributed by atoms with E-state index >= 15 is 0 Å². The van der Waals surface area contributed by atoms with Gasteiger partial charge in [0, 0.05) is 24.1 Å². The van der Waals surface area contributed by atoms with Crippen LogP contribution in [0.4, 0.5) is 17.1 Å². The third kappa shape index (κ3) is 4.14. The summed E-state index contributed by atoms with van der Waals surface area (Å²) < 4.78 is 5.11. The molecule has 2 aromatic rings. The Morgan fingerprint density at radius 3 is 2.57 bits per heavy atom. The standard InChI is InChI=1S/C16H19N3O2/c1-19(14-6-8-15(21-2)9-7-14)11-16(20)18-13-5-3-4-12(17)10-13/h3-10H,11,17H2,1-2H3,(H,18,20). The van der Waals surface area contributed by atoms with E-state index in [-0.39, 0.29) is 12.5 Å². The van der Waals surface area contributed by atoms with Gasteiger partial charge in [0.2, 0.25) is 5.91 Å². The number of carbonyl (C=O) groups excluding carboxylic acids is 1. The summed E-state index contributed by atoms with van der Waals surface area (Å²) in [6, 6.07) is 14.7. The number of amides is 1. The molecule has 110 valence electrons. The Morgan fingerprint density at radius 2 is 1.95 bits per heavy atom. The van der Waals surface area contributed by atoms with Gasteiger partial charge in [0.15, 0.2) is 0 Å². The predicted octanol–water partition coefficient (Wildman–Crippen LogP) is 2.35. The molecule has 0 fully saturated rings. The SMILES string of the molecule is COc1ccc(N(C)CC(=O)Nc2cccc(N)c2)cc1. The van der Waals surface area contributed by atoms with Crippen molar-refractivity contribution in [2.45, 2.75) is 0 Å². The van der Waals surface area contributed by atoms with Gasteiger partial charge in [0.05, 0.1) is 13.7 Å². The van der Waals surface area contributed by atoms with E-state index in [0.717, 1.165) is 11.4 Å². The van der Waals surface area contributed by atoms with Gasteiger partial charge in [-0.3, -0.25) is 4.79 Å². The normalized spacial score (nSPS) is 10.0. The summed E-state index contributed by atoms with van der Waals surface area (Å²) in [7, 11) is 3.48. The number of carbonyl (C=O) groups is 1. The fourth-order valence-electron chi connectivity index (χ4n) is 1.96. The smallest absolute Gasteiger partial charge is 0.243 e. The molecule has 0 unspecified atom stereocenters. The van der Waals surface area contributed by atoms with Crippen LogP contribution in [0.5, 0.6) is 5.75 Å². The number of nitrogens with one attached hydrogen (secondary N) is 1. The van der Waals surface area contributed by atoms with Gasteiger partial charge >= 0.3 is 0 Å². The number of anilines is 3. The highest BCUT2D eigenvalue weighted by Gasteiger charge is 2.08. The molecule has 0 aliphatic heterocycles. The molecule has 0 radical (unpaired) electrons. The van der Waals surface area contributed by atoms with Crippen molar-refractivity contribution in [1.29, 1.82) is 0 Å². The van der Waals surface area contributed by atoms with Gasteiger partial charge in [-0.25, -0.2) is 0 Å². The number of ether oxygens (including phenoxy) is 1. The first-order valence-electron chi connectivity index (χ1n) is 6.59. The number of benzene rings is 2. The Morgan fingerprint density at radius 1 is 1.24 bits per heavy atom. The molecule has 0 saturated heterocycles. The Labute approximate surface area is 124 Å². The number of hydrogen-bond donors (Lipinski definition) is 2. The van der Waals surface area contributed by atoms with E-state index in [0.29, 0.717) is 11.4 Å². The zero-order valence-electron chi connectivity index (χ0n) is 12.2. The summed E-state index contributed by atoms with van der Waals surface area (Å²) in [5.74, 6) is 0.690. The number of nitrogen functional groups attached to an aromatic ring is 1. The van der Waals surface area contributed by atoms with Crippen LogP contribution >= 0.6 is 0 Å². The van der Waals surface area contributed by atoms with Gasteiger partial charge in [0.25, 0.3) is 0 Å². The topological polar surface area (TPSA) is 67.6 Å². The lowest BCUT2D eigenvalue weighted by Gasteiger charge is -2.19. The van der Waals surface area contributed by atoms with Gasteiger partial charge in [-0.2, -0.15) is 0 Å². The quantitative estimate of drug-likeness (QED) is 0.828. The molecule has 5 heteroatoms. The maximum atomic E-state index is 12.0. The average molecular weight is 285 g/mol. The zero-order valence-corrected chi connectivity index (χ0v) is 12.2. The number of methoxy groups -OCH3 is 1. The highest BCUT2D eigenvalue weighted by Crippen LogP contribution is 2.18. The minimum absolute atomic E-state index is 0.0982. The van der Waals surface area contributed by atoms with Crippen molar-refractivity contribution in [2.75, 3.05) is 36.7 Å². The minimum atomic E-state index is -0.0982. The van der Waals surface area contributed by atoms with Gasteiger partial charge < -0.3 is 20.7 Å². The zero-order chi connectivity index (χ0) is 15.2. The van der Waals surface area contributed by atoms with Crippen molar-refractivity contribution in [3.05, 3.63) is 48.5 Å². The third-order valence-corrected chi connectivity index (χ3v) is 3.06. The van der Waals surface area contributed by atoms with E-state index in [1.54, 1.807) is 25.3 Å². The molecule has 21 heavy (non-hydrogen) atoms. The predicted molar refractivity (Wildman–Crippen MR) is 85.7 cm³/mol. The van der Waals surface area contributed by atoms with Crippen molar-refractivity contribution in [3.8, 4) is 5.75 Å². The summed E-state index contributed by atoms with van der Waals surface area (Å²) >= 11 is 0. The van der Waals surface area contributed by atoms with Crippen LogP contribution in [0.15, 0.2) is 48.5 Å². The van der Waals surface area contributed by atoms with Gasteiger partial charge in [-0.1, -0.05) is 6.07 Å². The van der Waals surface area contributed by atoms with Crippen LogP contribution in [-0.2, 0) is 4.79 Å². The molecular weight excluding hydrogens is 266 g/mol. The minimum Gasteiger partial charge on any atom is -0.497 e. The number of nitrogens with two attached hydrogens (primary N) is 1. The molecule has 0 heterocycles. The second-order valence-corrected chi connectivity index (χ2v) is 4.73. The van der Waals surface area contributed by atoms with E-state index in [4.69, 9.17) is 10.5 Å². The maximum Gasteiger partial charge on any atom is 0.243 e. The van der Waals surface area contributed by atoms with Crippen molar-refractivity contribution in [1.82, 2.24) is 0 Å². The molecule has 0 saturated carbocycles. The molecule has 1 amide bonds. The van der Waals surface area contributed by atoms with Crippen LogP contribution in [0.3, 0.4) is 0 Å². The number of hydrogen-bond acceptors (Lipinski definition) is 4. The third-order valence-electron chi connectivity index (χ3n) is 3.06. The number of rotatable bonds is 5. The van der Waals surface area contributed by atoms with E-state index in [1.165, 1.54) is 0 Å². The van der Waals surface area contributed by atoms with Gasteiger partial charge in [-0.15, -0.1) is 0 Å². The van der Waals surface area contributed by atoms with Gasteiger partial charge in [-0.05, 0) is 42.5 Å². The fourth-order valence-corrected chi connectivity index (χ4v) is 1.96. The first kappa shape index (κ1) is 14.7. The molecule has 0 spiro atoms. The van der Waals surface area contributed by atoms with Gasteiger partial charge in [0.1, 0.15) is 5.75 Å². The molecule has 2 rings (SSSR count). The lowest BCUT2D eigenvalue weighted by atomic mass is 10.2. The average Bonchev–Trinajstić information content (AvgIpc) is 2.47. The Hall–Kier alpha value is -2.69. The molecule has 3 N–H and O–H groups in total. The van der Waals surface area contributed by atoms with Crippen LogP contribution in [0.25, 0.3) is 0 Å². The van der Waals surface area contributed by atoms with E-state index in [1.807, 2.05) is 42.3 Å². The highest BCUT2D eigenvalue weighted by molar-refractivity contribution is 5.94. The molecule has 0 atom stereocenters. The highest BCUT2D eigenvalue weighted by atomic mass is 16.5. The van der Waals surface area contributed by atoms with Crippen molar-refractivity contribution in [3.63, 3.8) is 0 Å². The number of nitrogens with zero attached hydrogens (tertiary/aromatic N) is 1. The van der Waals surface area contributed by atoms with E-state index in [9.17, 15) is 4.79 Å².